The first-order valence-electron chi connectivity index (χ1n) is 10.3. The fourth-order valence-corrected chi connectivity index (χ4v) is 4.02. The van der Waals surface area contributed by atoms with Gasteiger partial charge in [-0.25, -0.2) is 0 Å². The summed E-state index contributed by atoms with van der Waals surface area (Å²) in [6.45, 7) is 2.55. The Morgan fingerprint density at radius 3 is 2.72 bits per heavy atom. The van der Waals surface area contributed by atoms with Gasteiger partial charge in [0.05, 0.1) is 24.0 Å². The number of carbonyl (C=O) groups is 1. The average Bonchev–Trinajstić information content (AvgIpc) is 3.08. The van der Waals surface area contributed by atoms with Gasteiger partial charge in [-0.05, 0) is 43.4 Å². The second-order valence-corrected chi connectivity index (χ2v) is 7.55. The van der Waals surface area contributed by atoms with Gasteiger partial charge in [0.15, 0.2) is 0 Å². The molecule has 150 valence electrons. The molecule has 1 heterocycles. The molecular weight excluding hydrogens is 362 g/mol. The van der Waals surface area contributed by atoms with Crippen LogP contribution in [0.15, 0.2) is 48.5 Å². The Kier molecular flexibility index (Phi) is 5.76. The van der Waals surface area contributed by atoms with E-state index in [-0.39, 0.29) is 11.9 Å². The highest BCUT2D eigenvalue weighted by atomic mass is 16.5. The van der Waals surface area contributed by atoms with E-state index in [4.69, 9.17) is 4.74 Å². The Bertz CT molecular complexity index is 992. The number of aryl methyl sites for hydroxylation is 1. The standard InChI is InChI=1S/C24H27N3O2/c1-3-19(15-29-2)25-24(28)18-13-11-17(12-14-18)22-21-10-6-8-16-7-4-5-9-20(16)23(21)27-26-22/h4-5,7,9,11-14,19H,3,6,8,10,15H2,1-2H3,(H,25,28)(H,26,27). The van der Waals surface area contributed by atoms with Crippen molar-refractivity contribution in [1.82, 2.24) is 15.5 Å². The number of H-pyrrole nitrogens is 1. The molecule has 5 nitrogen and oxygen atoms in total. The van der Waals surface area contributed by atoms with E-state index in [0.29, 0.717) is 12.2 Å². The number of hydrogen-bond acceptors (Lipinski definition) is 3. The lowest BCUT2D eigenvalue weighted by Gasteiger charge is -2.16. The predicted octanol–water partition coefficient (Wildman–Crippen LogP) is 4.39. The monoisotopic (exact) mass is 389 g/mol. The third kappa shape index (κ3) is 3.96. The van der Waals surface area contributed by atoms with Crippen molar-refractivity contribution in [3.05, 3.63) is 65.2 Å². The zero-order chi connectivity index (χ0) is 20.2. The maximum atomic E-state index is 12.5. The van der Waals surface area contributed by atoms with Gasteiger partial charge in [0.1, 0.15) is 0 Å². The van der Waals surface area contributed by atoms with Crippen molar-refractivity contribution >= 4 is 5.91 Å². The summed E-state index contributed by atoms with van der Waals surface area (Å²) >= 11 is 0. The summed E-state index contributed by atoms with van der Waals surface area (Å²) < 4.78 is 5.16. The number of carbonyl (C=O) groups excluding carboxylic acids is 1. The molecule has 0 saturated carbocycles. The van der Waals surface area contributed by atoms with Crippen molar-refractivity contribution in [2.24, 2.45) is 0 Å². The minimum atomic E-state index is -0.0739. The van der Waals surface area contributed by atoms with Crippen molar-refractivity contribution in [3.8, 4) is 22.5 Å². The first-order chi connectivity index (χ1) is 14.2. The molecule has 1 aromatic heterocycles. The highest BCUT2D eigenvalue weighted by Crippen LogP contribution is 2.36. The lowest BCUT2D eigenvalue weighted by molar-refractivity contribution is 0.0894. The first-order valence-corrected chi connectivity index (χ1v) is 10.3. The second-order valence-electron chi connectivity index (χ2n) is 7.55. The number of nitrogens with one attached hydrogen (secondary N) is 2. The van der Waals surface area contributed by atoms with Crippen LogP contribution in [-0.4, -0.2) is 35.9 Å². The van der Waals surface area contributed by atoms with E-state index in [1.165, 1.54) is 16.7 Å². The number of ether oxygens (including phenoxy) is 1. The van der Waals surface area contributed by atoms with Crippen molar-refractivity contribution in [1.29, 1.82) is 0 Å². The van der Waals surface area contributed by atoms with E-state index < -0.39 is 0 Å². The molecule has 0 bridgehead atoms. The molecule has 0 saturated heterocycles. The van der Waals surface area contributed by atoms with E-state index in [2.05, 4.69) is 39.8 Å². The van der Waals surface area contributed by atoms with Crippen LogP contribution in [0, 0.1) is 0 Å². The molecule has 2 aromatic carbocycles. The Morgan fingerprint density at radius 1 is 1.17 bits per heavy atom. The molecular formula is C24H27N3O2. The summed E-state index contributed by atoms with van der Waals surface area (Å²) in [7, 11) is 1.65. The van der Waals surface area contributed by atoms with Crippen LogP contribution >= 0.6 is 0 Å². The van der Waals surface area contributed by atoms with Gasteiger partial charge in [-0.1, -0.05) is 43.3 Å². The normalized spacial score (nSPS) is 13.9. The van der Waals surface area contributed by atoms with Crippen LogP contribution in [-0.2, 0) is 17.6 Å². The number of methoxy groups -OCH3 is 1. The molecule has 4 rings (SSSR count). The van der Waals surface area contributed by atoms with Crippen LogP contribution in [0.3, 0.4) is 0 Å². The number of rotatable bonds is 6. The Morgan fingerprint density at radius 2 is 1.97 bits per heavy atom. The largest absolute Gasteiger partial charge is 0.383 e. The highest BCUT2D eigenvalue weighted by molar-refractivity contribution is 5.95. The third-order valence-electron chi connectivity index (χ3n) is 5.64. The molecule has 1 amide bonds. The summed E-state index contributed by atoms with van der Waals surface area (Å²) in [6.07, 6.45) is 4.01. The summed E-state index contributed by atoms with van der Waals surface area (Å²) in [4.78, 5) is 12.5. The van der Waals surface area contributed by atoms with Gasteiger partial charge in [0.25, 0.3) is 5.91 Å². The predicted molar refractivity (Wildman–Crippen MR) is 115 cm³/mol. The molecule has 0 radical (unpaired) electrons. The molecule has 29 heavy (non-hydrogen) atoms. The Balaban J connectivity index is 1.58. The molecule has 1 aliphatic carbocycles. The minimum Gasteiger partial charge on any atom is -0.383 e. The smallest absolute Gasteiger partial charge is 0.251 e. The fraction of sp³-hybridized carbons (Fsp3) is 0.333. The SMILES string of the molecule is CCC(COC)NC(=O)c1ccc(-c2n[nH]c3c2CCCc2ccccc2-3)cc1. The van der Waals surface area contributed by atoms with Crippen LogP contribution in [0.25, 0.3) is 22.5 Å². The summed E-state index contributed by atoms with van der Waals surface area (Å²) in [5.74, 6) is -0.0739. The van der Waals surface area contributed by atoms with Crippen LogP contribution < -0.4 is 5.32 Å². The first kappa shape index (κ1) is 19.4. The van der Waals surface area contributed by atoms with Gasteiger partial charge in [0.2, 0.25) is 0 Å². The number of aromatic nitrogens is 2. The van der Waals surface area contributed by atoms with Crippen molar-refractivity contribution < 1.29 is 9.53 Å². The third-order valence-corrected chi connectivity index (χ3v) is 5.64. The highest BCUT2D eigenvalue weighted by Gasteiger charge is 2.21. The number of benzene rings is 2. The number of fused-ring (bicyclic) bond motifs is 3. The van der Waals surface area contributed by atoms with E-state index >= 15 is 0 Å². The van der Waals surface area contributed by atoms with Gasteiger partial charge in [-0.15, -0.1) is 0 Å². The fourth-order valence-electron chi connectivity index (χ4n) is 4.02. The molecule has 5 heteroatoms. The molecule has 1 atom stereocenters. The molecule has 0 aliphatic heterocycles. The quantitative estimate of drug-likeness (QED) is 0.657. The van der Waals surface area contributed by atoms with Crippen molar-refractivity contribution in [3.63, 3.8) is 0 Å². The zero-order valence-electron chi connectivity index (χ0n) is 17.0. The van der Waals surface area contributed by atoms with Crippen LogP contribution in [0.5, 0.6) is 0 Å². The minimum absolute atomic E-state index is 0.0226. The van der Waals surface area contributed by atoms with E-state index in [0.717, 1.165) is 42.6 Å². The molecule has 0 spiro atoms. The number of nitrogens with zero attached hydrogens (tertiary/aromatic N) is 1. The number of hydrogen-bond donors (Lipinski definition) is 2. The summed E-state index contributed by atoms with van der Waals surface area (Å²) in [5.41, 5.74) is 7.67. The molecule has 3 aromatic rings. The van der Waals surface area contributed by atoms with Crippen LogP contribution in [0.4, 0.5) is 0 Å². The van der Waals surface area contributed by atoms with Gasteiger partial charge in [-0.3, -0.25) is 9.89 Å². The van der Waals surface area contributed by atoms with E-state index in [1.807, 2.05) is 31.2 Å². The molecule has 1 unspecified atom stereocenters. The topological polar surface area (TPSA) is 67.0 Å². The Labute approximate surface area is 171 Å². The number of aromatic amines is 1. The zero-order valence-corrected chi connectivity index (χ0v) is 17.0. The average molecular weight is 389 g/mol. The van der Waals surface area contributed by atoms with Gasteiger partial charge in [0, 0.05) is 29.4 Å². The molecule has 1 aliphatic rings. The van der Waals surface area contributed by atoms with Crippen LogP contribution in [0.1, 0.15) is 41.3 Å². The molecule has 2 N–H and O–H groups in total. The maximum Gasteiger partial charge on any atom is 0.251 e. The lowest BCUT2D eigenvalue weighted by atomic mass is 9.99. The molecule has 0 fully saturated rings. The number of amides is 1. The maximum absolute atomic E-state index is 12.5. The van der Waals surface area contributed by atoms with Crippen molar-refractivity contribution in [2.75, 3.05) is 13.7 Å². The van der Waals surface area contributed by atoms with Crippen LogP contribution in [0.2, 0.25) is 0 Å². The van der Waals surface area contributed by atoms with Gasteiger partial charge < -0.3 is 10.1 Å². The summed E-state index contributed by atoms with van der Waals surface area (Å²) in [5, 5.41) is 10.9. The van der Waals surface area contributed by atoms with E-state index in [1.54, 1.807) is 7.11 Å². The van der Waals surface area contributed by atoms with E-state index in [9.17, 15) is 4.79 Å². The van der Waals surface area contributed by atoms with Gasteiger partial charge >= 0.3 is 0 Å². The van der Waals surface area contributed by atoms with Gasteiger partial charge in [-0.2, -0.15) is 5.10 Å². The van der Waals surface area contributed by atoms with Crippen molar-refractivity contribution in [2.45, 2.75) is 38.6 Å². The second kappa shape index (κ2) is 8.62. The Hall–Kier alpha value is -2.92. The lowest BCUT2D eigenvalue weighted by Crippen LogP contribution is -2.37. The summed E-state index contributed by atoms with van der Waals surface area (Å²) in [6, 6.07) is 16.3.